The topological polar surface area (TPSA) is 59.4 Å². The van der Waals surface area contributed by atoms with Crippen LogP contribution in [0.3, 0.4) is 0 Å². The van der Waals surface area contributed by atoms with Crippen LogP contribution < -0.4 is 0 Å². The molecule has 2 aliphatic carbocycles. The van der Waals surface area contributed by atoms with Crippen molar-refractivity contribution in [3.05, 3.63) is 35.1 Å². The van der Waals surface area contributed by atoms with Crippen LogP contribution in [0.5, 0.6) is 0 Å². The Bertz CT molecular complexity index is 568. The van der Waals surface area contributed by atoms with E-state index in [1.807, 2.05) is 0 Å². The molecule has 4 atom stereocenters. The molecule has 0 radical (unpaired) electrons. The first-order chi connectivity index (χ1) is 7.25. The van der Waals surface area contributed by atoms with E-state index in [1.54, 1.807) is 12.2 Å². The maximum atomic E-state index is 5.81. The van der Waals surface area contributed by atoms with E-state index in [0.717, 1.165) is 0 Å². The summed E-state index contributed by atoms with van der Waals surface area (Å²) in [5.41, 5.74) is 5.88. The van der Waals surface area contributed by atoms with Gasteiger partial charge in [-0.05, 0) is 0 Å². The summed E-state index contributed by atoms with van der Waals surface area (Å²) >= 11 is 0. The first-order valence-electron chi connectivity index (χ1n) is 4.70. The second-order valence-corrected chi connectivity index (χ2v) is 4.31. The van der Waals surface area contributed by atoms with Crippen LogP contribution >= 0.6 is 0 Å². The fourth-order valence-electron chi connectivity index (χ4n) is 2.48. The molecular formula is C10H2O5. The van der Waals surface area contributed by atoms with Crippen molar-refractivity contribution >= 4 is 0 Å². The second-order valence-electron chi connectivity index (χ2n) is 4.31. The average Bonchev–Trinajstić information content (AvgIpc) is 3.14. The Balaban J connectivity index is 1.45. The van der Waals surface area contributed by atoms with Crippen molar-refractivity contribution < 1.29 is 23.7 Å². The van der Waals surface area contributed by atoms with Crippen molar-refractivity contribution in [2.24, 2.45) is 0 Å². The zero-order valence-corrected chi connectivity index (χ0v) is 7.20. The van der Waals surface area contributed by atoms with Crippen molar-refractivity contribution in [2.75, 3.05) is 0 Å². The van der Waals surface area contributed by atoms with E-state index in [4.69, 9.17) is 23.7 Å². The van der Waals surface area contributed by atoms with Crippen LogP contribution in [0.1, 0.15) is 0 Å². The largest absolute Gasteiger partial charge is 0.438 e. The van der Waals surface area contributed by atoms with Crippen LogP contribution in [0, 0.1) is 0 Å². The lowest BCUT2D eigenvalue weighted by Crippen LogP contribution is -2.28. The van der Waals surface area contributed by atoms with Crippen molar-refractivity contribution in [3.8, 4) is 0 Å². The van der Waals surface area contributed by atoms with Crippen molar-refractivity contribution in [3.63, 3.8) is 0 Å². The summed E-state index contributed by atoms with van der Waals surface area (Å²) in [4.78, 5) is 0. The molecule has 0 N–H and O–H groups in total. The van der Waals surface area contributed by atoms with Gasteiger partial charge in [0.1, 0.15) is 0 Å². The van der Waals surface area contributed by atoms with Gasteiger partial charge in [-0.15, -0.1) is 0 Å². The predicted octanol–water partition coefficient (Wildman–Crippen LogP) is 0.0142. The van der Waals surface area contributed by atoms with E-state index in [9.17, 15) is 0 Å². The van der Waals surface area contributed by atoms with E-state index in [0.29, 0.717) is 11.5 Å². The summed E-state index contributed by atoms with van der Waals surface area (Å²) in [6.45, 7) is 0. The number of rotatable bonds is 2. The van der Waals surface area contributed by atoms with Gasteiger partial charge in [-0.25, -0.2) is 0 Å². The van der Waals surface area contributed by atoms with Gasteiger partial charge in [0.05, 0.1) is 0 Å². The first kappa shape index (κ1) is 6.18. The monoisotopic (exact) mass is 202 g/mol. The lowest BCUT2D eigenvalue weighted by molar-refractivity contribution is -0.102. The van der Waals surface area contributed by atoms with E-state index < -0.39 is 23.1 Å². The van der Waals surface area contributed by atoms with E-state index in [1.165, 1.54) is 0 Å². The fraction of sp³-hybridized carbons (Fsp3) is 0.400. The lowest BCUT2D eigenvalue weighted by Gasteiger charge is -2.08. The minimum atomic E-state index is -0.842. The third-order valence-electron chi connectivity index (χ3n) is 3.52. The Morgan fingerprint density at radius 2 is 1.47 bits per heavy atom. The first-order valence-corrected chi connectivity index (χ1v) is 4.70. The molecule has 72 valence electrons. The van der Waals surface area contributed by atoms with Gasteiger partial charge in [-0.3, -0.25) is 14.2 Å². The number of hydrogen-bond acceptors (Lipinski definition) is 5. The summed E-state index contributed by atoms with van der Waals surface area (Å²) in [5, 5.41) is 0. The van der Waals surface area contributed by atoms with Crippen LogP contribution in [-0.4, -0.2) is 23.1 Å². The van der Waals surface area contributed by atoms with Crippen LogP contribution in [0.4, 0.5) is 0 Å². The van der Waals surface area contributed by atoms with Crippen LogP contribution in [0.2, 0.25) is 0 Å². The third kappa shape index (κ3) is 0.378. The summed E-state index contributed by atoms with van der Waals surface area (Å²) in [5.74, 6) is -1.63. The Morgan fingerprint density at radius 3 is 1.73 bits per heavy atom. The smallest absolute Gasteiger partial charge is 0.341 e. The average molecular weight is 202 g/mol. The molecule has 4 heterocycles. The lowest BCUT2D eigenvalue weighted by atomic mass is 10.2. The van der Waals surface area contributed by atoms with Gasteiger partial charge in [0.15, 0.2) is 0 Å². The SMILES string of the molecule is C1=CC2(OC34C=C=C5OC53O4)OC23OC=13. The molecule has 6 rings (SSSR count). The summed E-state index contributed by atoms with van der Waals surface area (Å²) in [6.07, 6.45) is 3.45. The Hall–Kier alpha value is -1.48. The standard InChI is InChI=1S/C10H2O5/c1-3-7(9(14-7)5(1)11-9)13-8-4-2-6-10(8,12-6)15-8/h3-4H. The number of ether oxygens (including phenoxy) is 5. The molecule has 15 heavy (non-hydrogen) atoms. The van der Waals surface area contributed by atoms with Crippen LogP contribution in [0.25, 0.3) is 0 Å². The zero-order chi connectivity index (χ0) is 9.52. The molecule has 4 unspecified atom stereocenters. The molecule has 5 nitrogen and oxygen atoms in total. The van der Waals surface area contributed by atoms with Gasteiger partial charge in [-0.2, -0.15) is 0 Å². The van der Waals surface area contributed by atoms with Crippen LogP contribution in [-0.2, 0) is 23.7 Å². The molecule has 0 aromatic heterocycles. The Morgan fingerprint density at radius 1 is 0.933 bits per heavy atom. The van der Waals surface area contributed by atoms with Crippen LogP contribution in [0.15, 0.2) is 35.1 Å². The number of epoxide rings is 4. The van der Waals surface area contributed by atoms with Crippen molar-refractivity contribution in [1.82, 2.24) is 0 Å². The maximum Gasteiger partial charge on any atom is 0.341 e. The molecule has 2 spiro atoms. The summed E-state index contributed by atoms with van der Waals surface area (Å²) in [7, 11) is 0. The highest BCUT2D eigenvalue weighted by Crippen LogP contribution is 2.76. The van der Waals surface area contributed by atoms with Gasteiger partial charge in [0.2, 0.25) is 11.5 Å². The normalized spacial score (nSPS) is 65.3. The van der Waals surface area contributed by atoms with E-state index >= 15 is 0 Å². The molecule has 0 aromatic carbocycles. The minimum Gasteiger partial charge on any atom is -0.438 e. The molecule has 0 amide bonds. The Labute approximate surface area is 82.8 Å². The van der Waals surface area contributed by atoms with Gasteiger partial charge >= 0.3 is 11.6 Å². The van der Waals surface area contributed by atoms with E-state index in [2.05, 4.69) is 11.5 Å². The minimum absolute atomic E-state index is 0.680. The van der Waals surface area contributed by atoms with E-state index in [-0.39, 0.29) is 0 Å². The Kier molecular flexibility index (Phi) is 0.486. The predicted molar refractivity (Wildman–Crippen MR) is 39.5 cm³/mol. The highest BCUT2D eigenvalue weighted by molar-refractivity contribution is 5.49. The van der Waals surface area contributed by atoms with Crippen molar-refractivity contribution in [1.29, 1.82) is 0 Å². The molecule has 0 aromatic rings. The van der Waals surface area contributed by atoms with Gasteiger partial charge in [-0.1, -0.05) is 11.5 Å². The quantitative estimate of drug-likeness (QED) is 0.466. The molecule has 0 saturated carbocycles. The fourth-order valence-corrected chi connectivity index (χ4v) is 2.48. The maximum absolute atomic E-state index is 5.81. The van der Waals surface area contributed by atoms with Gasteiger partial charge in [0.25, 0.3) is 11.6 Å². The summed E-state index contributed by atoms with van der Waals surface area (Å²) < 4.78 is 27.1. The molecule has 4 fully saturated rings. The molecule has 4 aliphatic heterocycles. The highest BCUT2D eigenvalue weighted by Gasteiger charge is 2.97. The molecular weight excluding hydrogens is 200 g/mol. The molecule has 5 heteroatoms. The zero-order valence-electron chi connectivity index (χ0n) is 7.20. The number of hydrogen-bond donors (Lipinski definition) is 0. The van der Waals surface area contributed by atoms with Gasteiger partial charge < -0.3 is 9.47 Å². The summed E-state index contributed by atoms with van der Waals surface area (Å²) in [6, 6.07) is 0. The van der Waals surface area contributed by atoms with Crippen molar-refractivity contribution in [2.45, 2.75) is 23.1 Å². The second kappa shape index (κ2) is 1.18. The third-order valence-corrected chi connectivity index (χ3v) is 3.52. The van der Waals surface area contributed by atoms with Gasteiger partial charge in [0, 0.05) is 12.2 Å². The highest BCUT2D eigenvalue weighted by atomic mass is 17.0. The molecule has 0 bridgehead atoms. The molecule has 4 saturated heterocycles. The molecule has 6 aliphatic rings.